The maximum Gasteiger partial charge on any atom is 0.264 e. The van der Waals surface area contributed by atoms with E-state index in [0.29, 0.717) is 37.6 Å². The fourth-order valence-electron chi connectivity index (χ4n) is 3.32. The van der Waals surface area contributed by atoms with Crippen molar-refractivity contribution in [2.24, 2.45) is 0 Å². The molecular weight excluding hydrogens is 356 g/mol. The van der Waals surface area contributed by atoms with Crippen LogP contribution < -0.4 is 4.90 Å². The number of hydrogen-bond donors (Lipinski definition) is 0. The van der Waals surface area contributed by atoms with E-state index in [1.54, 1.807) is 18.3 Å². The molecule has 27 heavy (non-hydrogen) atoms. The van der Waals surface area contributed by atoms with E-state index >= 15 is 0 Å². The number of nitrogens with zero attached hydrogens (tertiary/aromatic N) is 4. The Bertz CT molecular complexity index is 985. The van der Waals surface area contributed by atoms with Crippen LogP contribution in [0.3, 0.4) is 0 Å². The normalized spacial score (nSPS) is 14.0. The second-order valence-electron chi connectivity index (χ2n) is 6.30. The number of carbonyl (C=O) groups is 1. The SMILES string of the molecule is N#Cc1cccnc1N1CCN(C(=O)c2sccc2-c2ccccc2)CC1. The van der Waals surface area contributed by atoms with E-state index in [1.165, 1.54) is 11.3 Å². The van der Waals surface area contributed by atoms with Crippen LogP contribution in [-0.2, 0) is 0 Å². The number of aromatic nitrogens is 1. The van der Waals surface area contributed by atoms with Gasteiger partial charge in [-0.2, -0.15) is 5.26 Å². The predicted octanol–water partition coefficient (Wildman–Crippen LogP) is 3.64. The van der Waals surface area contributed by atoms with Gasteiger partial charge in [-0.3, -0.25) is 4.79 Å². The molecule has 1 saturated heterocycles. The summed E-state index contributed by atoms with van der Waals surface area (Å²) in [7, 11) is 0. The molecule has 1 aromatic carbocycles. The van der Waals surface area contributed by atoms with Crippen LogP contribution in [0.15, 0.2) is 60.1 Å². The minimum atomic E-state index is 0.0741. The molecule has 4 rings (SSSR count). The Labute approximate surface area is 162 Å². The third-order valence-electron chi connectivity index (χ3n) is 4.72. The summed E-state index contributed by atoms with van der Waals surface area (Å²) in [4.78, 5) is 22.2. The standard InChI is InChI=1S/C21H18N4OS/c22-15-17-7-4-9-23-20(17)24-10-12-25(13-11-24)21(26)19-18(8-14-27-19)16-5-2-1-3-6-16/h1-9,14H,10-13H2. The first kappa shape index (κ1) is 17.3. The number of anilines is 1. The summed E-state index contributed by atoms with van der Waals surface area (Å²) in [5, 5.41) is 11.2. The van der Waals surface area contributed by atoms with Gasteiger partial charge in [0, 0.05) is 37.9 Å². The maximum absolute atomic E-state index is 13.1. The summed E-state index contributed by atoms with van der Waals surface area (Å²) in [6, 6.07) is 17.8. The van der Waals surface area contributed by atoms with Gasteiger partial charge >= 0.3 is 0 Å². The van der Waals surface area contributed by atoms with Crippen molar-refractivity contribution in [1.29, 1.82) is 5.26 Å². The molecule has 5 nitrogen and oxygen atoms in total. The van der Waals surface area contributed by atoms with Gasteiger partial charge in [-0.25, -0.2) is 4.98 Å². The van der Waals surface area contributed by atoms with Gasteiger partial charge in [-0.1, -0.05) is 30.3 Å². The number of piperazine rings is 1. The number of rotatable bonds is 3. The number of carbonyl (C=O) groups excluding carboxylic acids is 1. The minimum Gasteiger partial charge on any atom is -0.352 e. The summed E-state index contributed by atoms with van der Waals surface area (Å²) in [6.45, 7) is 2.58. The topological polar surface area (TPSA) is 60.2 Å². The highest BCUT2D eigenvalue weighted by atomic mass is 32.1. The van der Waals surface area contributed by atoms with Crippen LogP contribution in [0.2, 0.25) is 0 Å². The molecule has 1 aliphatic heterocycles. The smallest absolute Gasteiger partial charge is 0.264 e. The highest BCUT2D eigenvalue weighted by Gasteiger charge is 2.26. The van der Waals surface area contributed by atoms with Gasteiger partial charge in [0.1, 0.15) is 11.9 Å². The number of thiophene rings is 1. The molecule has 3 heterocycles. The molecule has 1 amide bonds. The maximum atomic E-state index is 13.1. The molecular formula is C21H18N4OS. The number of nitriles is 1. The van der Waals surface area contributed by atoms with Crippen LogP contribution in [0.1, 0.15) is 15.2 Å². The molecule has 0 saturated carbocycles. The van der Waals surface area contributed by atoms with E-state index in [9.17, 15) is 10.1 Å². The summed E-state index contributed by atoms with van der Waals surface area (Å²) in [5.41, 5.74) is 2.62. The van der Waals surface area contributed by atoms with Crippen molar-refractivity contribution in [2.75, 3.05) is 31.1 Å². The lowest BCUT2D eigenvalue weighted by atomic mass is 10.1. The third-order valence-corrected chi connectivity index (χ3v) is 5.62. The summed E-state index contributed by atoms with van der Waals surface area (Å²) in [5.74, 6) is 0.776. The lowest BCUT2D eigenvalue weighted by Crippen LogP contribution is -2.49. The van der Waals surface area contributed by atoms with Gasteiger partial charge in [0.2, 0.25) is 0 Å². The molecule has 0 N–H and O–H groups in total. The average Bonchev–Trinajstić information content (AvgIpc) is 3.24. The molecule has 1 fully saturated rings. The number of benzene rings is 1. The number of amides is 1. The van der Waals surface area contributed by atoms with E-state index in [1.807, 2.05) is 46.7 Å². The molecule has 0 radical (unpaired) electrons. The zero-order valence-electron chi connectivity index (χ0n) is 14.7. The first-order valence-electron chi connectivity index (χ1n) is 8.80. The molecule has 0 atom stereocenters. The van der Waals surface area contributed by atoms with Crippen molar-refractivity contribution in [3.05, 3.63) is 70.5 Å². The second-order valence-corrected chi connectivity index (χ2v) is 7.21. The second kappa shape index (κ2) is 7.60. The van der Waals surface area contributed by atoms with Crippen LogP contribution in [0.25, 0.3) is 11.1 Å². The molecule has 1 aliphatic rings. The van der Waals surface area contributed by atoms with E-state index in [-0.39, 0.29) is 5.91 Å². The van der Waals surface area contributed by atoms with Crippen LogP contribution >= 0.6 is 11.3 Å². The van der Waals surface area contributed by atoms with Gasteiger partial charge in [0.15, 0.2) is 0 Å². The predicted molar refractivity (Wildman–Crippen MR) is 107 cm³/mol. The van der Waals surface area contributed by atoms with Crippen molar-refractivity contribution >= 4 is 23.1 Å². The van der Waals surface area contributed by atoms with Gasteiger partial charge in [-0.15, -0.1) is 11.3 Å². The molecule has 0 bridgehead atoms. The average molecular weight is 374 g/mol. The fourth-order valence-corrected chi connectivity index (χ4v) is 4.20. The summed E-state index contributed by atoms with van der Waals surface area (Å²) in [6.07, 6.45) is 1.70. The minimum absolute atomic E-state index is 0.0741. The third kappa shape index (κ3) is 3.42. The Balaban J connectivity index is 1.49. The van der Waals surface area contributed by atoms with E-state index < -0.39 is 0 Å². The Morgan fingerprint density at radius 3 is 2.56 bits per heavy atom. The highest BCUT2D eigenvalue weighted by Crippen LogP contribution is 2.30. The molecule has 6 heteroatoms. The van der Waals surface area contributed by atoms with Crippen LogP contribution in [0, 0.1) is 11.3 Å². The summed E-state index contributed by atoms with van der Waals surface area (Å²) >= 11 is 1.49. The molecule has 3 aromatic rings. The van der Waals surface area contributed by atoms with Crippen molar-refractivity contribution in [1.82, 2.24) is 9.88 Å². The van der Waals surface area contributed by atoms with Crippen molar-refractivity contribution in [3.8, 4) is 17.2 Å². The highest BCUT2D eigenvalue weighted by molar-refractivity contribution is 7.12. The Morgan fingerprint density at radius 1 is 1.04 bits per heavy atom. The zero-order chi connectivity index (χ0) is 18.6. The van der Waals surface area contributed by atoms with E-state index in [4.69, 9.17) is 0 Å². The Hall–Kier alpha value is -3.17. The lowest BCUT2D eigenvalue weighted by molar-refractivity contribution is 0.0752. The van der Waals surface area contributed by atoms with Crippen molar-refractivity contribution in [3.63, 3.8) is 0 Å². The largest absolute Gasteiger partial charge is 0.352 e. The van der Waals surface area contributed by atoms with Gasteiger partial charge in [0.25, 0.3) is 5.91 Å². The monoisotopic (exact) mass is 374 g/mol. The van der Waals surface area contributed by atoms with Gasteiger partial charge in [-0.05, 0) is 29.1 Å². The van der Waals surface area contributed by atoms with Crippen molar-refractivity contribution < 1.29 is 4.79 Å². The van der Waals surface area contributed by atoms with Gasteiger partial charge in [0.05, 0.1) is 10.4 Å². The fraction of sp³-hybridized carbons (Fsp3) is 0.190. The molecule has 0 aliphatic carbocycles. The van der Waals surface area contributed by atoms with Crippen molar-refractivity contribution in [2.45, 2.75) is 0 Å². The first-order valence-corrected chi connectivity index (χ1v) is 9.68. The first-order chi connectivity index (χ1) is 13.3. The van der Waals surface area contributed by atoms with Gasteiger partial charge < -0.3 is 9.80 Å². The lowest BCUT2D eigenvalue weighted by Gasteiger charge is -2.35. The quantitative estimate of drug-likeness (QED) is 0.702. The van der Waals surface area contributed by atoms with Crippen LogP contribution in [-0.4, -0.2) is 42.0 Å². The van der Waals surface area contributed by atoms with Crippen LogP contribution in [0.4, 0.5) is 5.82 Å². The molecule has 0 unspecified atom stereocenters. The van der Waals surface area contributed by atoms with E-state index in [2.05, 4.69) is 16.0 Å². The molecule has 0 spiro atoms. The van der Waals surface area contributed by atoms with E-state index in [0.717, 1.165) is 16.0 Å². The molecule has 134 valence electrons. The molecule has 2 aromatic heterocycles. The number of hydrogen-bond acceptors (Lipinski definition) is 5. The zero-order valence-corrected chi connectivity index (χ0v) is 15.5. The number of pyridine rings is 1. The Kier molecular flexibility index (Phi) is 4.86. The Morgan fingerprint density at radius 2 is 1.81 bits per heavy atom. The van der Waals surface area contributed by atoms with Crippen LogP contribution in [0.5, 0.6) is 0 Å². The summed E-state index contributed by atoms with van der Waals surface area (Å²) < 4.78 is 0.